The summed E-state index contributed by atoms with van der Waals surface area (Å²) in [5.74, 6) is -1.46. The highest BCUT2D eigenvalue weighted by Crippen LogP contribution is 2.30. The van der Waals surface area contributed by atoms with E-state index in [4.69, 9.17) is 0 Å². The van der Waals surface area contributed by atoms with Gasteiger partial charge in [0, 0.05) is 37.0 Å². The predicted molar refractivity (Wildman–Crippen MR) is 150 cm³/mol. The molecule has 0 spiro atoms. The first kappa shape index (κ1) is 26.9. The third kappa shape index (κ3) is 4.79. The highest BCUT2D eigenvalue weighted by molar-refractivity contribution is 5.68. The molecule has 0 amide bonds. The Morgan fingerprint density at radius 1 is 0.975 bits per heavy atom. The van der Waals surface area contributed by atoms with E-state index in [0.717, 1.165) is 11.1 Å². The Balaban J connectivity index is 1.67. The molecule has 0 unspecified atom stereocenters. The van der Waals surface area contributed by atoms with E-state index in [-0.39, 0.29) is 28.9 Å². The third-order valence-corrected chi connectivity index (χ3v) is 7.13. The smallest absolute Gasteiger partial charge is 0.265 e. The second-order valence-corrected chi connectivity index (χ2v) is 9.65. The van der Waals surface area contributed by atoms with Crippen molar-refractivity contribution in [3.05, 3.63) is 111 Å². The number of aryl methyl sites for hydroxylation is 3. The van der Waals surface area contributed by atoms with Crippen molar-refractivity contribution < 1.29 is 13.9 Å². The van der Waals surface area contributed by atoms with Gasteiger partial charge in [-0.25, -0.2) is 9.37 Å². The van der Waals surface area contributed by atoms with Gasteiger partial charge in [-0.05, 0) is 60.2 Å². The van der Waals surface area contributed by atoms with Crippen molar-refractivity contribution in [1.29, 1.82) is 0 Å². The number of benzene rings is 2. The molecular formula is C31H29F2N5O2. The lowest BCUT2D eigenvalue weighted by atomic mass is 9.98. The Morgan fingerprint density at radius 3 is 2.33 bits per heavy atom. The van der Waals surface area contributed by atoms with Gasteiger partial charge in [-0.2, -0.15) is 14.5 Å². The van der Waals surface area contributed by atoms with E-state index >= 15 is 4.39 Å². The molecule has 40 heavy (non-hydrogen) atoms. The molecule has 9 heteroatoms. The Hall–Kier alpha value is -4.66. The lowest BCUT2D eigenvalue weighted by molar-refractivity contribution is 0.443. The van der Waals surface area contributed by atoms with Crippen molar-refractivity contribution in [2.75, 3.05) is 0 Å². The monoisotopic (exact) mass is 541 g/mol. The quantitative estimate of drug-likeness (QED) is 0.267. The molecule has 0 saturated carbocycles. The van der Waals surface area contributed by atoms with Crippen LogP contribution in [0.2, 0.25) is 0 Å². The van der Waals surface area contributed by atoms with Crippen molar-refractivity contribution in [2.24, 2.45) is 7.05 Å². The molecule has 0 fully saturated rings. The van der Waals surface area contributed by atoms with Crippen molar-refractivity contribution >= 4 is 0 Å². The fourth-order valence-electron chi connectivity index (χ4n) is 5.01. The lowest BCUT2D eigenvalue weighted by Gasteiger charge is -2.19. The summed E-state index contributed by atoms with van der Waals surface area (Å²) in [4.78, 5) is 22.2. The van der Waals surface area contributed by atoms with Gasteiger partial charge < -0.3 is 5.11 Å². The highest BCUT2D eigenvalue weighted by Gasteiger charge is 2.24. The first-order valence-electron chi connectivity index (χ1n) is 13.1. The maximum absolute atomic E-state index is 15.3. The van der Waals surface area contributed by atoms with Gasteiger partial charge in [-0.3, -0.25) is 14.0 Å². The first-order valence-corrected chi connectivity index (χ1v) is 13.1. The number of pyridine rings is 1. The second-order valence-electron chi connectivity index (χ2n) is 9.65. The fraction of sp³-hybridized carbons (Fsp3) is 0.226. The number of halogens is 2. The molecule has 0 aliphatic heterocycles. The van der Waals surface area contributed by atoms with E-state index in [1.54, 1.807) is 49.1 Å². The number of para-hydroxylation sites is 1. The van der Waals surface area contributed by atoms with Crippen LogP contribution >= 0.6 is 0 Å². The molecule has 2 aromatic carbocycles. The first-order chi connectivity index (χ1) is 19.2. The predicted octanol–water partition coefficient (Wildman–Crippen LogP) is 5.70. The Labute approximate surface area is 230 Å². The fourth-order valence-corrected chi connectivity index (χ4v) is 5.01. The van der Waals surface area contributed by atoms with Gasteiger partial charge in [0.25, 0.3) is 5.56 Å². The molecule has 3 heterocycles. The third-order valence-electron chi connectivity index (χ3n) is 7.13. The van der Waals surface area contributed by atoms with Gasteiger partial charge in [0.2, 0.25) is 11.8 Å². The Morgan fingerprint density at radius 2 is 1.70 bits per heavy atom. The summed E-state index contributed by atoms with van der Waals surface area (Å²) in [6.45, 7) is 5.57. The van der Waals surface area contributed by atoms with Crippen molar-refractivity contribution in [3.63, 3.8) is 0 Å². The average Bonchev–Trinajstić information content (AvgIpc) is 3.38. The van der Waals surface area contributed by atoms with Crippen molar-refractivity contribution in [2.45, 2.75) is 40.0 Å². The number of hydrogen-bond acceptors (Lipinski definition) is 5. The standard InChI is InChI=1S/C31H29F2N5O2/c1-5-20-8-7-9-21(6-2)27(20)38-29(26-13-15-37(4)36-26)35-30(39)24(31(38)40)16-19-10-11-23(25(32)17-19)22-12-14-34-28(33)18(22)3/h7-15,17,39H,5-6,16H2,1-4H3. The van der Waals surface area contributed by atoms with Gasteiger partial charge in [0.15, 0.2) is 5.82 Å². The minimum Gasteiger partial charge on any atom is -0.493 e. The zero-order valence-electron chi connectivity index (χ0n) is 22.7. The number of hydrogen-bond donors (Lipinski definition) is 1. The molecule has 1 N–H and O–H groups in total. The van der Waals surface area contributed by atoms with Gasteiger partial charge in [-0.15, -0.1) is 0 Å². The summed E-state index contributed by atoms with van der Waals surface area (Å²) in [6, 6.07) is 13.7. The molecule has 0 saturated heterocycles. The molecule has 204 valence electrons. The number of rotatable bonds is 7. The Kier molecular flexibility index (Phi) is 7.30. The SMILES string of the molecule is CCc1cccc(CC)c1-n1c(-c2ccn(C)n2)nc(O)c(Cc2ccc(-c3ccnc(F)c3C)c(F)c2)c1=O. The molecule has 0 aliphatic carbocycles. The van der Waals surface area contributed by atoms with Crippen LogP contribution in [0.25, 0.3) is 28.3 Å². The number of nitrogens with zero attached hydrogens (tertiary/aromatic N) is 5. The zero-order valence-corrected chi connectivity index (χ0v) is 22.7. The van der Waals surface area contributed by atoms with Gasteiger partial charge >= 0.3 is 0 Å². The van der Waals surface area contributed by atoms with E-state index in [2.05, 4.69) is 15.1 Å². The molecule has 5 aromatic rings. The molecule has 0 atom stereocenters. The van der Waals surface area contributed by atoms with E-state index < -0.39 is 23.2 Å². The van der Waals surface area contributed by atoms with Crippen LogP contribution in [0.15, 0.2) is 65.7 Å². The summed E-state index contributed by atoms with van der Waals surface area (Å²) >= 11 is 0. The topological polar surface area (TPSA) is 85.8 Å². The van der Waals surface area contributed by atoms with E-state index in [1.165, 1.54) is 16.8 Å². The highest BCUT2D eigenvalue weighted by atomic mass is 19.1. The maximum atomic E-state index is 15.3. The molecule has 7 nitrogen and oxygen atoms in total. The van der Waals surface area contributed by atoms with Crippen LogP contribution in [0.5, 0.6) is 5.88 Å². The second kappa shape index (κ2) is 10.8. The molecule has 5 rings (SSSR count). The van der Waals surface area contributed by atoms with Crippen LogP contribution in [0, 0.1) is 18.7 Å². The van der Waals surface area contributed by atoms with Crippen molar-refractivity contribution in [1.82, 2.24) is 24.3 Å². The van der Waals surface area contributed by atoms with E-state index in [0.29, 0.717) is 35.3 Å². The molecule has 3 aromatic heterocycles. The minimum atomic E-state index is -0.663. The number of aromatic hydroxyl groups is 1. The molecule has 0 radical (unpaired) electrons. The van der Waals surface area contributed by atoms with Crippen LogP contribution in [0.4, 0.5) is 8.78 Å². The average molecular weight is 542 g/mol. The van der Waals surface area contributed by atoms with E-state index in [1.807, 2.05) is 32.0 Å². The molecule has 0 bridgehead atoms. The van der Waals surface area contributed by atoms with Crippen molar-refractivity contribution in [3.8, 4) is 34.2 Å². The van der Waals surface area contributed by atoms with Gasteiger partial charge in [0.05, 0.1) is 11.3 Å². The maximum Gasteiger partial charge on any atom is 0.265 e. The van der Waals surface area contributed by atoms with E-state index in [9.17, 15) is 14.3 Å². The lowest BCUT2D eigenvalue weighted by Crippen LogP contribution is -2.27. The van der Waals surface area contributed by atoms with Crippen LogP contribution in [-0.4, -0.2) is 29.4 Å². The summed E-state index contributed by atoms with van der Waals surface area (Å²) in [6.07, 6.45) is 4.32. The normalized spacial score (nSPS) is 11.2. The molecular weight excluding hydrogens is 512 g/mol. The molecule has 0 aliphatic rings. The van der Waals surface area contributed by atoms with Crippen LogP contribution in [-0.2, 0) is 26.3 Å². The Bertz CT molecular complexity index is 1770. The van der Waals surface area contributed by atoms with Crippen LogP contribution in [0.1, 0.15) is 41.7 Å². The number of aromatic nitrogens is 5. The largest absolute Gasteiger partial charge is 0.493 e. The summed E-state index contributed by atoms with van der Waals surface area (Å²) < 4.78 is 32.4. The van der Waals surface area contributed by atoms with Gasteiger partial charge in [-0.1, -0.05) is 44.2 Å². The van der Waals surface area contributed by atoms with Crippen LogP contribution in [0.3, 0.4) is 0 Å². The van der Waals surface area contributed by atoms with Gasteiger partial charge in [0.1, 0.15) is 11.5 Å². The zero-order chi connectivity index (χ0) is 28.6. The summed E-state index contributed by atoms with van der Waals surface area (Å²) in [5.41, 5.74) is 3.94. The van der Waals surface area contributed by atoms with Crippen LogP contribution < -0.4 is 5.56 Å². The summed E-state index contributed by atoms with van der Waals surface area (Å²) in [5, 5.41) is 15.4. The summed E-state index contributed by atoms with van der Waals surface area (Å²) in [7, 11) is 1.76. The minimum absolute atomic E-state index is 0.0333.